The predicted molar refractivity (Wildman–Crippen MR) is 98.3 cm³/mol. The molecule has 3 nitrogen and oxygen atoms in total. The number of halogens is 3. The van der Waals surface area contributed by atoms with Crippen molar-refractivity contribution in [2.75, 3.05) is 5.43 Å². The van der Waals surface area contributed by atoms with Crippen LogP contribution >= 0.6 is 34.8 Å². The Morgan fingerprint density at radius 3 is 2.39 bits per heavy atom. The van der Waals surface area contributed by atoms with Crippen LogP contribution in [0.5, 0.6) is 5.75 Å². The van der Waals surface area contributed by atoms with E-state index in [1.807, 2.05) is 30.3 Å². The number of phenols is 1. The lowest BCUT2D eigenvalue weighted by atomic mass is 10.0. The Morgan fingerprint density at radius 1 is 0.957 bits per heavy atom. The number of nitrogens with one attached hydrogen (secondary N) is 1. The molecule has 116 valence electrons. The van der Waals surface area contributed by atoms with Gasteiger partial charge in [-0.25, -0.2) is 0 Å². The van der Waals surface area contributed by atoms with Gasteiger partial charge in [0.05, 0.1) is 21.9 Å². The summed E-state index contributed by atoms with van der Waals surface area (Å²) in [7, 11) is 0. The molecule has 0 bridgehead atoms. The Balaban J connectivity index is 1.94. The fourth-order valence-corrected chi connectivity index (χ4v) is 3.13. The van der Waals surface area contributed by atoms with E-state index < -0.39 is 0 Å². The van der Waals surface area contributed by atoms with Gasteiger partial charge in [-0.15, -0.1) is 0 Å². The van der Waals surface area contributed by atoms with Crippen molar-refractivity contribution in [1.82, 2.24) is 0 Å². The van der Waals surface area contributed by atoms with Crippen LogP contribution in [0.2, 0.25) is 15.1 Å². The third-order valence-electron chi connectivity index (χ3n) is 3.32. The highest BCUT2D eigenvalue weighted by Gasteiger charge is 2.07. The topological polar surface area (TPSA) is 44.6 Å². The molecule has 0 spiro atoms. The van der Waals surface area contributed by atoms with Crippen LogP contribution in [0.3, 0.4) is 0 Å². The smallest absolute Gasteiger partial charge is 0.125 e. The van der Waals surface area contributed by atoms with Gasteiger partial charge in [-0.05, 0) is 29.0 Å². The second-order valence-electron chi connectivity index (χ2n) is 4.83. The summed E-state index contributed by atoms with van der Waals surface area (Å²) in [6.45, 7) is 0. The van der Waals surface area contributed by atoms with Gasteiger partial charge in [0.15, 0.2) is 0 Å². The molecule has 6 heteroatoms. The molecule has 2 N–H and O–H groups in total. The maximum Gasteiger partial charge on any atom is 0.125 e. The zero-order valence-corrected chi connectivity index (χ0v) is 14.0. The quantitative estimate of drug-likeness (QED) is 0.445. The number of fused-ring (bicyclic) bond motifs is 1. The van der Waals surface area contributed by atoms with Gasteiger partial charge in [0.2, 0.25) is 0 Å². The van der Waals surface area contributed by atoms with E-state index in [2.05, 4.69) is 10.5 Å². The van der Waals surface area contributed by atoms with Crippen molar-refractivity contribution in [2.45, 2.75) is 0 Å². The largest absolute Gasteiger partial charge is 0.507 e. The third kappa shape index (κ3) is 3.37. The summed E-state index contributed by atoms with van der Waals surface area (Å²) in [5, 5.41) is 17.3. The van der Waals surface area contributed by atoms with E-state index >= 15 is 0 Å². The molecule has 0 saturated carbocycles. The first kappa shape index (κ1) is 15.9. The predicted octanol–water partition coefficient (Wildman–Crippen LogP) is 5.95. The second kappa shape index (κ2) is 6.67. The zero-order valence-electron chi connectivity index (χ0n) is 11.7. The number of anilines is 1. The summed E-state index contributed by atoms with van der Waals surface area (Å²) < 4.78 is 0. The van der Waals surface area contributed by atoms with Gasteiger partial charge in [-0.2, -0.15) is 5.10 Å². The van der Waals surface area contributed by atoms with Crippen molar-refractivity contribution >= 4 is 57.5 Å². The Labute approximate surface area is 148 Å². The van der Waals surface area contributed by atoms with Crippen LogP contribution < -0.4 is 5.43 Å². The molecule has 0 heterocycles. The lowest BCUT2D eigenvalue weighted by Crippen LogP contribution is -1.94. The summed E-state index contributed by atoms with van der Waals surface area (Å²) in [4.78, 5) is 0. The Bertz CT molecular complexity index is 886. The summed E-state index contributed by atoms with van der Waals surface area (Å²) in [6, 6.07) is 14.3. The van der Waals surface area contributed by atoms with Gasteiger partial charge >= 0.3 is 0 Å². The van der Waals surface area contributed by atoms with Crippen molar-refractivity contribution < 1.29 is 5.11 Å². The van der Waals surface area contributed by atoms with Crippen LogP contribution in [-0.4, -0.2) is 11.3 Å². The zero-order chi connectivity index (χ0) is 16.4. The SMILES string of the molecule is Oc1ccc2ccccc2c1/C=N/Nc1c(Cl)cc(Cl)cc1Cl. The second-order valence-corrected chi connectivity index (χ2v) is 6.08. The van der Waals surface area contributed by atoms with Crippen LogP contribution in [0.4, 0.5) is 5.69 Å². The highest BCUT2D eigenvalue weighted by molar-refractivity contribution is 6.41. The van der Waals surface area contributed by atoms with Crippen LogP contribution in [0.15, 0.2) is 53.6 Å². The summed E-state index contributed by atoms with van der Waals surface area (Å²) in [6.07, 6.45) is 1.53. The van der Waals surface area contributed by atoms with E-state index in [0.29, 0.717) is 26.3 Å². The van der Waals surface area contributed by atoms with Gasteiger partial charge in [0.25, 0.3) is 0 Å². The Kier molecular flexibility index (Phi) is 4.62. The molecule has 3 rings (SSSR count). The molecule has 0 aliphatic rings. The van der Waals surface area contributed by atoms with E-state index in [-0.39, 0.29) is 5.75 Å². The number of aromatic hydroxyl groups is 1. The Hall–Kier alpha value is -1.94. The first-order chi connectivity index (χ1) is 11.1. The molecule has 0 aliphatic heterocycles. The lowest BCUT2D eigenvalue weighted by Gasteiger charge is -2.07. The fraction of sp³-hybridized carbons (Fsp3) is 0. The van der Waals surface area contributed by atoms with Crippen molar-refractivity contribution in [3.63, 3.8) is 0 Å². The van der Waals surface area contributed by atoms with Crippen LogP contribution in [0, 0.1) is 0 Å². The number of phenolic OH excluding ortho intramolecular Hbond substituents is 1. The summed E-state index contributed by atoms with van der Waals surface area (Å²) >= 11 is 18.0. The normalized spacial score (nSPS) is 11.3. The van der Waals surface area contributed by atoms with Crippen molar-refractivity contribution in [2.24, 2.45) is 5.10 Å². The molecular weight excluding hydrogens is 355 g/mol. The Morgan fingerprint density at radius 2 is 1.65 bits per heavy atom. The molecular formula is C17H11Cl3N2O. The first-order valence-corrected chi connectivity index (χ1v) is 7.84. The maximum atomic E-state index is 10.1. The minimum Gasteiger partial charge on any atom is -0.507 e. The van der Waals surface area contributed by atoms with Crippen LogP contribution in [0.25, 0.3) is 10.8 Å². The molecule has 3 aromatic rings. The molecule has 0 unspecified atom stereocenters. The number of hydrazone groups is 1. The third-order valence-corrected chi connectivity index (χ3v) is 4.14. The molecule has 0 amide bonds. The average Bonchev–Trinajstić information content (AvgIpc) is 2.51. The summed E-state index contributed by atoms with van der Waals surface area (Å²) in [5.41, 5.74) is 3.85. The molecule has 0 radical (unpaired) electrons. The molecule has 0 saturated heterocycles. The highest BCUT2D eigenvalue weighted by atomic mass is 35.5. The van der Waals surface area contributed by atoms with Crippen molar-refractivity contribution in [1.29, 1.82) is 0 Å². The van der Waals surface area contributed by atoms with E-state index in [0.717, 1.165) is 10.8 Å². The number of hydrogen-bond donors (Lipinski definition) is 2. The van der Waals surface area contributed by atoms with Gasteiger partial charge in [0, 0.05) is 10.6 Å². The van der Waals surface area contributed by atoms with Crippen molar-refractivity contribution in [3.8, 4) is 5.75 Å². The fourth-order valence-electron chi connectivity index (χ4n) is 2.23. The number of benzene rings is 3. The van der Waals surface area contributed by atoms with Gasteiger partial charge in [0.1, 0.15) is 5.75 Å². The van der Waals surface area contributed by atoms with E-state index in [4.69, 9.17) is 34.8 Å². The monoisotopic (exact) mass is 364 g/mol. The molecule has 0 fully saturated rings. The molecule has 0 aromatic heterocycles. The van der Waals surface area contributed by atoms with Gasteiger partial charge in [-0.3, -0.25) is 5.43 Å². The standard InChI is InChI=1S/C17H11Cl3N2O/c18-11-7-14(19)17(15(20)8-11)22-21-9-13-12-4-2-1-3-10(12)5-6-16(13)23/h1-9,22-23H/b21-9+. The van der Waals surface area contributed by atoms with Crippen molar-refractivity contribution in [3.05, 3.63) is 69.2 Å². The first-order valence-electron chi connectivity index (χ1n) is 6.70. The summed E-state index contributed by atoms with van der Waals surface area (Å²) in [5.74, 6) is 0.141. The maximum absolute atomic E-state index is 10.1. The van der Waals surface area contributed by atoms with E-state index in [1.54, 1.807) is 18.2 Å². The molecule has 0 aliphatic carbocycles. The van der Waals surface area contributed by atoms with Crippen LogP contribution in [0.1, 0.15) is 5.56 Å². The average molecular weight is 366 g/mol. The van der Waals surface area contributed by atoms with Crippen LogP contribution in [-0.2, 0) is 0 Å². The minimum absolute atomic E-state index is 0.141. The van der Waals surface area contributed by atoms with E-state index in [9.17, 15) is 5.11 Å². The molecule has 3 aromatic carbocycles. The highest BCUT2D eigenvalue weighted by Crippen LogP contribution is 2.33. The van der Waals surface area contributed by atoms with Gasteiger partial charge < -0.3 is 5.11 Å². The van der Waals surface area contributed by atoms with E-state index in [1.165, 1.54) is 6.21 Å². The molecule has 23 heavy (non-hydrogen) atoms. The molecule has 0 atom stereocenters. The number of nitrogens with zero attached hydrogens (tertiary/aromatic N) is 1. The lowest BCUT2D eigenvalue weighted by molar-refractivity contribution is 0.475. The minimum atomic E-state index is 0.141. The van der Waals surface area contributed by atoms with Gasteiger partial charge in [-0.1, -0.05) is 65.1 Å². The number of hydrogen-bond acceptors (Lipinski definition) is 3. The number of rotatable bonds is 3.